The molecule has 0 aliphatic rings. The van der Waals surface area contributed by atoms with Gasteiger partial charge in [0.2, 0.25) is 0 Å². The van der Waals surface area contributed by atoms with Crippen molar-refractivity contribution in [2.24, 2.45) is 7.05 Å². The van der Waals surface area contributed by atoms with Gasteiger partial charge in [0.25, 0.3) is 0 Å². The van der Waals surface area contributed by atoms with Crippen LogP contribution in [0.2, 0.25) is 0 Å². The fourth-order valence-electron chi connectivity index (χ4n) is 2.33. The van der Waals surface area contributed by atoms with E-state index in [0.717, 1.165) is 12.3 Å². The van der Waals surface area contributed by atoms with Crippen molar-refractivity contribution in [3.8, 4) is 0 Å². The molecule has 0 amide bonds. The molecule has 0 fully saturated rings. The maximum absolute atomic E-state index is 2.31. The zero-order valence-electron chi connectivity index (χ0n) is 10.0. The second-order valence-electron chi connectivity index (χ2n) is 4.08. The molecule has 1 aromatic rings. The van der Waals surface area contributed by atoms with E-state index in [1.165, 1.54) is 24.8 Å². The zero-order valence-corrected chi connectivity index (χ0v) is 10.0. The van der Waals surface area contributed by atoms with E-state index in [2.05, 4.69) is 44.6 Å². The van der Waals surface area contributed by atoms with Gasteiger partial charge in [0, 0.05) is 18.9 Å². The molecule has 0 saturated carbocycles. The van der Waals surface area contributed by atoms with E-state index in [-0.39, 0.29) is 0 Å². The summed E-state index contributed by atoms with van der Waals surface area (Å²) in [5.41, 5.74) is 3.10. The van der Waals surface area contributed by atoms with Gasteiger partial charge in [-0.05, 0) is 36.8 Å². The van der Waals surface area contributed by atoms with Crippen molar-refractivity contribution in [3.05, 3.63) is 23.5 Å². The summed E-state index contributed by atoms with van der Waals surface area (Å²) in [6, 6.07) is 2.27. The van der Waals surface area contributed by atoms with Gasteiger partial charge in [-0.15, -0.1) is 0 Å². The van der Waals surface area contributed by atoms with Gasteiger partial charge in [-0.2, -0.15) is 0 Å². The van der Waals surface area contributed by atoms with E-state index < -0.39 is 0 Å². The van der Waals surface area contributed by atoms with Gasteiger partial charge >= 0.3 is 0 Å². The lowest BCUT2D eigenvalue weighted by Gasteiger charge is -2.17. The van der Waals surface area contributed by atoms with Crippen LogP contribution in [0.3, 0.4) is 0 Å². The van der Waals surface area contributed by atoms with Crippen molar-refractivity contribution in [3.63, 3.8) is 0 Å². The Morgan fingerprint density at radius 2 is 2.00 bits per heavy atom. The summed E-state index contributed by atoms with van der Waals surface area (Å²) in [7, 11) is 2.17. The molecule has 1 nitrogen and oxygen atoms in total. The van der Waals surface area contributed by atoms with E-state index in [1.54, 1.807) is 5.69 Å². The summed E-state index contributed by atoms with van der Waals surface area (Å²) < 4.78 is 2.31. The van der Waals surface area contributed by atoms with Crippen LogP contribution in [0.1, 0.15) is 57.2 Å². The maximum Gasteiger partial charge on any atom is 0.0234 e. The lowest BCUT2D eigenvalue weighted by molar-refractivity contribution is 0.556. The standard InChI is InChI=1S/C13H23N/c1-5-8-11(6-2)13-12(7-3)9-10-14(13)4/h9-11H,5-8H2,1-4H3. The Morgan fingerprint density at radius 3 is 2.50 bits per heavy atom. The van der Waals surface area contributed by atoms with E-state index in [9.17, 15) is 0 Å². The highest BCUT2D eigenvalue weighted by atomic mass is 14.9. The molecule has 0 spiro atoms. The molecule has 1 unspecified atom stereocenters. The Hall–Kier alpha value is -0.720. The molecular formula is C13H23N. The quantitative estimate of drug-likeness (QED) is 0.668. The molecule has 0 aromatic carbocycles. The number of rotatable bonds is 5. The summed E-state index contributed by atoms with van der Waals surface area (Å²) in [6.07, 6.45) is 7.23. The van der Waals surface area contributed by atoms with Crippen LogP contribution in [-0.2, 0) is 13.5 Å². The van der Waals surface area contributed by atoms with Crippen LogP contribution in [0.25, 0.3) is 0 Å². The molecule has 1 heteroatoms. The van der Waals surface area contributed by atoms with Gasteiger partial charge in [-0.1, -0.05) is 27.2 Å². The average molecular weight is 193 g/mol. The first kappa shape index (κ1) is 11.4. The van der Waals surface area contributed by atoms with Crippen LogP contribution in [0.5, 0.6) is 0 Å². The first-order valence-corrected chi connectivity index (χ1v) is 5.88. The average Bonchev–Trinajstić information content (AvgIpc) is 2.56. The minimum atomic E-state index is 0.759. The molecule has 0 radical (unpaired) electrons. The SMILES string of the molecule is CCCC(CC)c1c(CC)ccn1C. The Balaban J connectivity index is 2.94. The molecule has 1 rings (SSSR count). The van der Waals surface area contributed by atoms with E-state index in [0.29, 0.717) is 0 Å². The smallest absolute Gasteiger partial charge is 0.0234 e. The molecule has 0 aliphatic carbocycles. The minimum Gasteiger partial charge on any atom is -0.354 e. The Morgan fingerprint density at radius 1 is 1.29 bits per heavy atom. The second-order valence-corrected chi connectivity index (χ2v) is 4.08. The molecule has 0 aliphatic heterocycles. The molecular weight excluding hydrogens is 170 g/mol. The van der Waals surface area contributed by atoms with Crippen LogP contribution < -0.4 is 0 Å². The molecule has 0 bridgehead atoms. The van der Waals surface area contributed by atoms with Crippen molar-refractivity contribution >= 4 is 0 Å². The van der Waals surface area contributed by atoms with E-state index >= 15 is 0 Å². The third-order valence-corrected chi connectivity index (χ3v) is 3.11. The summed E-state index contributed by atoms with van der Waals surface area (Å²) in [5.74, 6) is 0.759. The number of hydrogen-bond acceptors (Lipinski definition) is 0. The maximum atomic E-state index is 2.31. The van der Waals surface area contributed by atoms with Crippen molar-refractivity contribution < 1.29 is 0 Å². The highest BCUT2D eigenvalue weighted by Crippen LogP contribution is 2.28. The third kappa shape index (κ3) is 2.20. The molecule has 1 aromatic heterocycles. The summed E-state index contributed by atoms with van der Waals surface area (Å²) in [6.45, 7) is 6.82. The van der Waals surface area contributed by atoms with Gasteiger partial charge in [0.1, 0.15) is 0 Å². The molecule has 1 atom stereocenters. The lowest BCUT2D eigenvalue weighted by atomic mass is 9.93. The predicted octanol–water partition coefficient (Wildman–Crippen LogP) is 3.88. The lowest BCUT2D eigenvalue weighted by Crippen LogP contribution is -2.06. The van der Waals surface area contributed by atoms with Gasteiger partial charge < -0.3 is 4.57 Å². The monoisotopic (exact) mass is 193 g/mol. The first-order chi connectivity index (χ1) is 6.74. The number of aryl methyl sites for hydroxylation is 2. The highest BCUT2D eigenvalue weighted by molar-refractivity contribution is 5.25. The second kappa shape index (κ2) is 5.23. The number of aromatic nitrogens is 1. The summed E-state index contributed by atoms with van der Waals surface area (Å²) in [4.78, 5) is 0. The van der Waals surface area contributed by atoms with E-state index in [4.69, 9.17) is 0 Å². The predicted molar refractivity (Wildman–Crippen MR) is 62.7 cm³/mol. The van der Waals surface area contributed by atoms with Crippen LogP contribution in [0, 0.1) is 0 Å². The van der Waals surface area contributed by atoms with Crippen LogP contribution in [0.4, 0.5) is 0 Å². The Bertz CT molecular complexity index is 273. The Labute approximate surface area is 88.1 Å². The van der Waals surface area contributed by atoms with Crippen molar-refractivity contribution in [2.45, 2.75) is 52.4 Å². The van der Waals surface area contributed by atoms with Crippen molar-refractivity contribution in [1.29, 1.82) is 0 Å². The molecule has 80 valence electrons. The van der Waals surface area contributed by atoms with Gasteiger partial charge in [0.15, 0.2) is 0 Å². The largest absolute Gasteiger partial charge is 0.354 e. The van der Waals surface area contributed by atoms with Crippen molar-refractivity contribution in [1.82, 2.24) is 4.57 Å². The fraction of sp³-hybridized carbons (Fsp3) is 0.692. The molecule has 1 heterocycles. The third-order valence-electron chi connectivity index (χ3n) is 3.11. The van der Waals surface area contributed by atoms with Gasteiger partial charge in [-0.3, -0.25) is 0 Å². The topological polar surface area (TPSA) is 4.93 Å². The molecule has 14 heavy (non-hydrogen) atoms. The summed E-state index contributed by atoms with van der Waals surface area (Å²) >= 11 is 0. The number of nitrogens with zero attached hydrogens (tertiary/aromatic N) is 1. The van der Waals surface area contributed by atoms with Crippen LogP contribution >= 0.6 is 0 Å². The van der Waals surface area contributed by atoms with Crippen LogP contribution in [-0.4, -0.2) is 4.57 Å². The van der Waals surface area contributed by atoms with Gasteiger partial charge in [-0.25, -0.2) is 0 Å². The fourth-order valence-corrected chi connectivity index (χ4v) is 2.33. The number of hydrogen-bond donors (Lipinski definition) is 0. The summed E-state index contributed by atoms with van der Waals surface area (Å²) in [5, 5.41) is 0. The molecule has 0 N–H and O–H groups in total. The zero-order chi connectivity index (χ0) is 10.6. The minimum absolute atomic E-state index is 0.759. The van der Waals surface area contributed by atoms with Gasteiger partial charge in [0.05, 0.1) is 0 Å². The van der Waals surface area contributed by atoms with E-state index in [1.807, 2.05) is 0 Å². The Kier molecular flexibility index (Phi) is 4.24. The molecule has 0 saturated heterocycles. The van der Waals surface area contributed by atoms with Crippen molar-refractivity contribution in [2.75, 3.05) is 0 Å². The highest BCUT2D eigenvalue weighted by Gasteiger charge is 2.14. The first-order valence-electron chi connectivity index (χ1n) is 5.88. The van der Waals surface area contributed by atoms with Crippen LogP contribution in [0.15, 0.2) is 12.3 Å². The normalized spacial score (nSPS) is 13.1.